The fourth-order valence-corrected chi connectivity index (χ4v) is 0.837. The summed E-state index contributed by atoms with van der Waals surface area (Å²) in [5, 5.41) is 0. The van der Waals surface area contributed by atoms with Gasteiger partial charge in [0.2, 0.25) is 0 Å². The third-order valence-electron chi connectivity index (χ3n) is 1.55. The van der Waals surface area contributed by atoms with Crippen LogP contribution in [0, 0.1) is 12.0 Å². The van der Waals surface area contributed by atoms with Crippen molar-refractivity contribution in [3.05, 3.63) is 42.2 Å². The molecule has 0 amide bonds. The van der Waals surface area contributed by atoms with E-state index in [1.165, 1.54) is 6.20 Å². The molecule has 0 saturated carbocycles. The Morgan fingerprint density at radius 1 is 1.60 bits per heavy atom. The molecule has 0 spiro atoms. The van der Waals surface area contributed by atoms with Gasteiger partial charge in [-0.3, -0.25) is 0 Å². The largest absolute Gasteiger partial charge is 0.370 e. The summed E-state index contributed by atoms with van der Waals surface area (Å²) in [7, 11) is 0. The Hall–Kier alpha value is -2.08. The van der Waals surface area contributed by atoms with Gasteiger partial charge in [0.1, 0.15) is 11.8 Å². The molecule has 0 unspecified atom stereocenters. The molecule has 1 heterocycles. The summed E-state index contributed by atoms with van der Waals surface area (Å²) >= 11 is 0. The summed E-state index contributed by atoms with van der Waals surface area (Å²) in [6.45, 7) is 1.90. The minimum Gasteiger partial charge on any atom is -0.367 e. The Kier molecular flexibility index (Phi) is 4.68. The van der Waals surface area contributed by atoms with E-state index in [2.05, 4.69) is 21.7 Å². The van der Waals surface area contributed by atoms with Crippen LogP contribution < -0.4 is 0 Å². The van der Waals surface area contributed by atoms with Crippen LogP contribution in [0.4, 0.5) is 0 Å². The standard InChI is InChI=1S/C12H11NO2/c1-2-3-4-7-10-15-12(14)11-8-5-6-9-13-11/h2-3,5-6,8-9H,4H2,1H3. The third-order valence-corrected chi connectivity index (χ3v) is 1.55. The van der Waals surface area contributed by atoms with Crippen LogP contribution in [0.25, 0.3) is 0 Å². The molecule has 0 aromatic carbocycles. The molecule has 0 fully saturated rings. The lowest BCUT2D eigenvalue weighted by Crippen LogP contribution is -2.02. The lowest BCUT2D eigenvalue weighted by atomic mass is 10.4. The lowest BCUT2D eigenvalue weighted by Gasteiger charge is -1.93. The zero-order chi connectivity index (χ0) is 10.9. The number of allylic oxidation sites excluding steroid dienone is 2. The highest BCUT2D eigenvalue weighted by Gasteiger charge is 2.05. The van der Waals surface area contributed by atoms with Crippen LogP contribution in [0.2, 0.25) is 0 Å². The van der Waals surface area contributed by atoms with Crippen molar-refractivity contribution in [2.45, 2.75) is 13.3 Å². The molecule has 0 N–H and O–H groups in total. The second kappa shape index (κ2) is 6.39. The maximum atomic E-state index is 11.3. The van der Waals surface area contributed by atoms with Crippen molar-refractivity contribution in [3.8, 4) is 12.0 Å². The number of rotatable bonds is 2. The molecular weight excluding hydrogens is 190 g/mol. The van der Waals surface area contributed by atoms with E-state index in [4.69, 9.17) is 0 Å². The second-order valence-electron chi connectivity index (χ2n) is 2.66. The molecule has 15 heavy (non-hydrogen) atoms. The van der Waals surface area contributed by atoms with Gasteiger partial charge in [0.15, 0.2) is 0 Å². The van der Waals surface area contributed by atoms with Crippen molar-refractivity contribution in [2.24, 2.45) is 0 Å². The molecule has 3 heteroatoms. The summed E-state index contributed by atoms with van der Waals surface area (Å²) < 4.78 is 4.68. The predicted octanol–water partition coefficient (Wildman–Crippen LogP) is 2.17. The van der Waals surface area contributed by atoms with Gasteiger partial charge in [-0.05, 0) is 19.1 Å². The minimum absolute atomic E-state index is 0.262. The highest BCUT2D eigenvalue weighted by atomic mass is 16.5. The molecule has 0 radical (unpaired) electrons. The fraction of sp³-hybridized carbons (Fsp3) is 0.167. The number of hydrogen-bond acceptors (Lipinski definition) is 3. The Morgan fingerprint density at radius 3 is 3.13 bits per heavy atom. The van der Waals surface area contributed by atoms with Gasteiger partial charge in [-0.1, -0.05) is 24.1 Å². The molecule has 0 aliphatic rings. The summed E-state index contributed by atoms with van der Waals surface area (Å²) in [5.41, 5.74) is 0.262. The number of carbonyl (C=O) groups is 1. The topological polar surface area (TPSA) is 39.2 Å². The monoisotopic (exact) mass is 201 g/mol. The number of hydrogen-bond donors (Lipinski definition) is 0. The van der Waals surface area contributed by atoms with E-state index in [1.807, 2.05) is 19.1 Å². The first-order valence-corrected chi connectivity index (χ1v) is 4.56. The van der Waals surface area contributed by atoms with Crippen molar-refractivity contribution in [1.29, 1.82) is 0 Å². The minimum atomic E-state index is -0.524. The van der Waals surface area contributed by atoms with Gasteiger partial charge in [0.25, 0.3) is 0 Å². The van der Waals surface area contributed by atoms with Gasteiger partial charge in [0.05, 0.1) is 0 Å². The smallest absolute Gasteiger partial charge is 0.367 e. The maximum absolute atomic E-state index is 11.3. The van der Waals surface area contributed by atoms with Crippen LogP contribution >= 0.6 is 0 Å². The zero-order valence-electron chi connectivity index (χ0n) is 8.43. The van der Waals surface area contributed by atoms with E-state index >= 15 is 0 Å². The maximum Gasteiger partial charge on any atom is 0.370 e. The first-order chi connectivity index (χ1) is 7.34. The number of nitrogens with zero attached hydrogens (tertiary/aromatic N) is 1. The number of esters is 1. The Balaban J connectivity index is 2.46. The predicted molar refractivity (Wildman–Crippen MR) is 56.9 cm³/mol. The number of aromatic nitrogens is 1. The van der Waals surface area contributed by atoms with Gasteiger partial charge >= 0.3 is 5.97 Å². The van der Waals surface area contributed by atoms with Gasteiger partial charge in [-0.2, -0.15) is 0 Å². The van der Waals surface area contributed by atoms with Crippen LogP contribution in [0.5, 0.6) is 0 Å². The van der Waals surface area contributed by atoms with Crippen LogP contribution in [-0.2, 0) is 4.74 Å². The van der Waals surface area contributed by atoms with Crippen LogP contribution in [-0.4, -0.2) is 11.0 Å². The van der Waals surface area contributed by atoms with Crippen LogP contribution in [0.3, 0.4) is 0 Å². The third kappa shape index (κ3) is 4.10. The van der Waals surface area contributed by atoms with E-state index in [-0.39, 0.29) is 5.69 Å². The summed E-state index contributed by atoms with van der Waals surface area (Å²) in [5.74, 6) is 2.15. The number of ether oxygens (including phenoxy) is 1. The Labute approximate surface area is 88.8 Å². The highest BCUT2D eigenvalue weighted by Crippen LogP contribution is 1.95. The molecule has 1 aromatic rings. The van der Waals surface area contributed by atoms with Crippen molar-refractivity contribution in [1.82, 2.24) is 4.98 Å². The average Bonchev–Trinajstić information content (AvgIpc) is 2.30. The van der Waals surface area contributed by atoms with E-state index in [9.17, 15) is 4.79 Å². The Bertz CT molecular complexity index is 399. The molecule has 76 valence electrons. The first-order valence-electron chi connectivity index (χ1n) is 4.56. The lowest BCUT2D eigenvalue weighted by molar-refractivity contribution is 0.0684. The number of carbonyl (C=O) groups excluding carboxylic acids is 1. The molecule has 0 aliphatic carbocycles. The van der Waals surface area contributed by atoms with Crippen molar-refractivity contribution < 1.29 is 9.53 Å². The van der Waals surface area contributed by atoms with Gasteiger partial charge < -0.3 is 4.74 Å². The molecule has 1 rings (SSSR count). The van der Waals surface area contributed by atoms with Gasteiger partial charge in [0, 0.05) is 12.6 Å². The van der Waals surface area contributed by atoms with Gasteiger partial charge in [-0.15, -0.1) is 0 Å². The van der Waals surface area contributed by atoms with Crippen molar-refractivity contribution >= 4 is 5.97 Å². The second-order valence-corrected chi connectivity index (χ2v) is 2.66. The highest BCUT2D eigenvalue weighted by molar-refractivity contribution is 5.87. The fourth-order valence-electron chi connectivity index (χ4n) is 0.837. The molecule has 0 saturated heterocycles. The molecule has 0 atom stereocenters. The average molecular weight is 201 g/mol. The van der Waals surface area contributed by atoms with Crippen molar-refractivity contribution in [2.75, 3.05) is 0 Å². The number of pyridine rings is 1. The summed E-state index contributed by atoms with van der Waals surface area (Å²) in [4.78, 5) is 15.1. The SMILES string of the molecule is CC=CCC#COC(=O)c1ccccn1. The van der Waals surface area contributed by atoms with Crippen LogP contribution in [0.1, 0.15) is 23.8 Å². The molecule has 0 aliphatic heterocycles. The quantitative estimate of drug-likeness (QED) is 0.418. The van der Waals surface area contributed by atoms with E-state index < -0.39 is 5.97 Å². The molecule has 1 aromatic heterocycles. The summed E-state index contributed by atoms with van der Waals surface area (Å²) in [6.07, 6.45) is 8.20. The van der Waals surface area contributed by atoms with Gasteiger partial charge in [-0.25, -0.2) is 9.78 Å². The zero-order valence-corrected chi connectivity index (χ0v) is 8.43. The van der Waals surface area contributed by atoms with Crippen LogP contribution in [0.15, 0.2) is 36.5 Å². The summed E-state index contributed by atoms with van der Waals surface area (Å²) in [6, 6.07) is 5.03. The first kappa shape index (κ1) is 11.0. The van der Waals surface area contributed by atoms with E-state index in [0.717, 1.165) is 0 Å². The Morgan fingerprint density at radius 2 is 2.47 bits per heavy atom. The normalized spacial score (nSPS) is 9.40. The molecule has 3 nitrogen and oxygen atoms in total. The molecular formula is C12H11NO2. The van der Waals surface area contributed by atoms with E-state index in [1.54, 1.807) is 18.2 Å². The van der Waals surface area contributed by atoms with E-state index in [0.29, 0.717) is 6.42 Å². The van der Waals surface area contributed by atoms with Crippen molar-refractivity contribution in [3.63, 3.8) is 0 Å². The molecule has 0 bridgehead atoms.